The van der Waals surface area contributed by atoms with Gasteiger partial charge in [-0.05, 0) is 12.3 Å². The van der Waals surface area contributed by atoms with Crippen molar-refractivity contribution in [2.45, 2.75) is 6.04 Å². The zero-order valence-corrected chi connectivity index (χ0v) is 16.1. The summed E-state index contributed by atoms with van der Waals surface area (Å²) < 4.78 is 22.0. The molecule has 0 radical (unpaired) electrons. The summed E-state index contributed by atoms with van der Waals surface area (Å²) in [6.45, 7) is 2.67. The number of morpholine rings is 1. The van der Waals surface area contributed by atoms with Gasteiger partial charge >= 0.3 is 0 Å². The average molecular weight is 409 g/mol. The van der Waals surface area contributed by atoms with Crippen molar-refractivity contribution < 1.29 is 9.13 Å². The molecule has 3 aromatic heterocycles. The Bertz CT molecular complexity index is 954. The largest absolute Gasteiger partial charge is 0.378 e. The van der Waals surface area contributed by atoms with Crippen molar-refractivity contribution in [3.8, 4) is 11.4 Å². The summed E-state index contributed by atoms with van der Waals surface area (Å²) in [6, 6.07) is 1.92. The van der Waals surface area contributed by atoms with Crippen LogP contribution in [0.2, 0.25) is 5.02 Å². The van der Waals surface area contributed by atoms with Gasteiger partial charge in [0.2, 0.25) is 0 Å². The predicted octanol–water partition coefficient (Wildman–Crippen LogP) is 3.20. The highest BCUT2D eigenvalue weighted by molar-refractivity contribution is 7.96. The van der Waals surface area contributed by atoms with Gasteiger partial charge in [0.25, 0.3) is 0 Å². The molecule has 2 N–H and O–H groups in total. The van der Waals surface area contributed by atoms with Crippen LogP contribution >= 0.6 is 23.5 Å². The number of ether oxygens (including phenoxy) is 1. The smallest absolute Gasteiger partial charge is 0.183 e. The third-order valence-electron chi connectivity index (χ3n) is 4.40. The Labute approximate surface area is 164 Å². The first kappa shape index (κ1) is 18.4. The Morgan fingerprint density at radius 2 is 2.33 bits per heavy atom. The van der Waals surface area contributed by atoms with Gasteiger partial charge in [-0.3, -0.25) is 0 Å². The Balaban J connectivity index is 1.58. The molecule has 27 heavy (non-hydrogen) atoms. The van der Waals surface area contributed by atoms with Gasteiger partial charge in [-0.1, -0.05) is 23.5 Å². The van der Waals surface area contributed by atoms with Gasteiger partial charge < -0.3 is 15.0 Å². The van der Waals surface area contributed by atoms with Crippen LogP contribution in [0.5, 0.6) is 0 Å². The van der Waals surface area contributed by atoms with Crippen molar-refractivity contribution in [2.75, 3.05) is 37.9 Å². The first-order chi connectivity index (χ1) is 13.2. The van der Waals surface area contributed by atoms with E-state index in [1.165, 1.54) is 6.20 Å². The number of pyridine rings is 1. The first-order valence-corrected chi connectivity index (χ1v) is 9.99. The van der Waals surface area contributed by atoms with Gasteiger partial charge in [-0.25, -0.2) is 23.6 Å². The fourth-order valence-corrected chi connectivity index (χ4v) is 3.89. The number of rotatable bonds is 5. The van der Waals surface area contributed by atoms with E-state index in [1.54, 1.807) is 30.4 Å². The Kier molecular flexibility index (Phi) is 5.44. The number of halogens is 2. The van der Waals surface area contributed by atoms with E-state index in [0.29, 0.717) is 36.3 Å². The monoisotopic (exact) mass is 408 g/mol. The van der Waals surface area contributed by atoms with Crippen molar-refractivity contribution in [3.05, 3.63) is 35.5 Å². The van der Waals surface area contributed by atoms with Crippen LogP contribution in [0, 0.1) is 5.82 Å². The number of nitrogens with one attached hydrogen (secondary N) is 2. The summed E-state index contributed by atoms with van der Waals surface area (Å²) in [6.07, 6.45) is 6.50. The van der Waals surface area contributed by atoms with E-state index in [9.17, 15) is 4.39 Å². The third-order valence-corrected chi connectivity index (χ3v) is 5.55. The SMILES string of the molecule is CSN1CCOCC1CNc1nc(-c2c[nH]c3ncc(Cl)cc23)ncc1F. The normalized spacial score (nSPS) is 18.1. The molecule has 4 heterocycles. The van der Waals surface area contributed by atoms with E-state index in [0.717, 1.165) is 17.5 Å². The number of aromatic amines is 1. The van der Waals surface area contributed by atoms with Gasteiger partial charge in [0.05, 0.1) is 30.5 Å². The quantitative estimate of drug-likeness (QED) is 0.627. The van der Waals surface area contributed by atoms with Gasteiger partial charge in [0.15, 0.2) is 17.5 Å². The number of anilines is 1. The van der Waals surface area contributed by atoms with E-state index < -0.39 is 5.82 Å². The summed E-state index contributed by atoms with van der Waals surface area (Å²) in [5.74, 6) is 0.0639. The maximum absolute atomic E-state index is 14.2. The van der Waals surface area contributed by atoms with Gasteiger partial charge in [-0.15, -0.1) is 0 Å². The minimum atomic E-state index is -0.498. The summed E-state index contributed by atoms with van der Waals surface area (Å²) in [5, 5.41) is 4.39. The Morgan fingerprint density at radius 3 is 3.19 bits per heavy atom. The lowest BCUT2D eigenvalue weighted by molar-refractivity contribution is 0.0421. The third kappa shape index (κ3) is 3.86. The summed E-state index contributed by atoms with van der Waals surface area (Å²) in [5.41, 5.74) is 1.39. The highest BCUT2D eigenvalue weighted by Gasteiger charge is 2.23. The molecule has 1 aliphatic rings. The molecule has 7 nitrogen and oxygen atoms in total. The molecule has 0 amide bonds. The van der Waals surface area contributed by atoms with Crippen LogP contribution < -0.4 is 5.32 Å². The van der Waals surface area contributed by atoms with E-state index in [-0.39, 0.29) is 11.9 Å². The van der Waals surface area contributed by atoms with Gasteiger partial charge in [-0.2, -0.15) is 0 Å². The molecule has 0 saturated carbocycles. The maximum Gasteiger partial charge on any atom is 0.183 e. The summed E-state index contributed by atoms with van der Waals surface area (Å²) >= 11 is 7.71. The van der Waals surface area contributed by atoms with Gasteiger partial charge in [0.1, 0.15) is 5.65 Å². The molecule has 1 fully saturated rings. The van der Waals surface area contributed by atoms with E-state index in [1.807, 2.05) is 6.26 Å². The predicted molar refractivity (Wildman–Crippen MR) is 105 cm³/mol. The van der Waals surface area contributed by atoms with E-state index in [2.05, 4.69) is 29.6 Å². The molecular formula is C17H18ClFN6OS. The van der Waals surface area contributed by atoms with Crippen molar-refractivity contribution in [3.63, 3.8) is 0 Å². The zero-order valence-electron chi connectivity index (χ0n) is 14.6. The number of nitrogens with zero attached hydrogens (tertiary/aromatic N) is 4. The average Bonchev–Trinajstić information content (AvgIpc) is 3.10. The van der Waals surface area contributed by atoms with Crippen LogP contribution in [0.3, 0.4) is 0 Å². The highest BCUT2D eigenvalue weighted by Crippen LogP contribution is 2.28. The number of hydrogen-bond donors (Lipinski definition) is 2. The maximum atomic E-state index is 14.2. The lowest BCUT2D eigenvalue weighted by Crippen LogP contribution is -2.45. The zero-order chi connectivity index (χ0) is 18.8. The number of hydrogen-bond acceptors (Lipinski definition) is 7. The lowest BCUT2D eigenvalue weighted by atomic mass is 10.2. The molecule has 142 valence electrons. The number of H-pyrrole nitrogens is 1. The molecule has 10 heteroatoms. The fraction of sp³-hybridized carbons (Fsp3) is 0.353. The molecule has 0 aromatic carbocycles. The van der Waals surface area contributed by atoms with Crippen LogP contribution in [-0.2, 0) is 4.74 Å². The van der Waals surface area contributed by atoms with Gasteiger partial charge in [0, 0.05) is 36.4 Å². The summed E-state index contributed by atoms with van der Waals surface area (Å²) in [7, 11) is 0. The topological polar surface area (TPSA) is 79.0 Å². The molecule has 1 saturated heterocycles. The van der Waals surface area contributed by atoms with Crippen LogP contribution in [-0.4, -0.2) is 62.8 Å². The second kappa shape index (κ2) is 7.97. The molecule has 0 spiro atoms. The molecule has 1 aliphatic heterocycles. The van der Waals surface area contributed by atoms with Crippen molar-refractivity contribution in [1.82, 2.24) is 24.2 Å². The molecule has 0 aliphatic carbocycles. The molecule has 1 unspecified atom stereocenters. The fourth-order valence-electron chi connectivity index (χ4n) is 3.04. The van der Waals surface area contributed by atoms with Crippen molar-refractivity contribution >= 4 is 40.4 Å². The standard InChI is InChI=1S/C17H18ClFN6OS/c1-27-25-2-3-26-9-11(25)6-21-17-14(19)8-23-16(24-17)13-7-22-15-12(13)4-10(18)5-20-15/h4-5,7-8,11H,2-3,6,9H2,1H3,(H,20,22)(H,21,23,24). The van der Waals surface area contributed by atoms with Crippen LogP contribution in [0.15, 0.2) is 24.7 Å². The van der Waals surface area contributed by atoms with E-state index in [4.69, 9.17) is 16.3 Å². The van der Waals surface area contributed by atoms with Crippen LogP contribution in [0.4, 0.5) is 10.2 Å². The Morgan fingerprint density at radius 1 is 1.44 bits per heavy atom. The Hall–Kier alpha value is -1.94. The number of aromatic nitrogens is 4. The second-order valence-electron chi connectivity index (χ2n) is 6.08. The minimum Gasteiger partial charge on any atom is -0.378 e. The first-order valence-electron chi connectivity index (χ1n) is 8.43. The minimum absolute atomic E-state index is 0.141. The van der Waals surface area contributed by atoms with E-state index >= 15 is 0 Å². The lowest BCUT2D eigenvalue weighted by Gasteiger charge is -2.33. The van der Waals surface area contributed by atoms with Crippen molar-refractivity contribution in [1.29, 1.82) is 0 Å². The molecule has 1 atom stereocenters. The molecule has 0 bridgehead atoms. The molecular weight excluding hydrogens is 391 g/mol. The number of fused-ring (bicyclic) bond motifs is 1. The summed E-state index contributed by atoms with van der Waals surface area (Å²) in [4.78, 5) is 15.8. The van der Waals surface area contributed by atoms with Crippen LogP contribution in [0.25, 0.3) is 22.4 Å². The molecule has 3 aromatic rings. The van der Waals surface area contributed by atoms with Crippen LogP contribution in [0.1, 0.15) is 0 Å². The second-order valence-corrected chi connectivity index (χ2v) is 7.35. The van der Waals surface area contributed by atoms with Crippen molar-refractivity contribution in [2.24, 2.45) is 0 Å². The molecule has 4 rings (SSSR count). The highest BCUT2D eigenvalue weighted by atomic mass is 35.5.